The summed E-state index contributed by atoms with van der Waals surface area (Å²) in [6.07, 6.45) is 1.47. The standard InChI is InChI=1S/C26H37N3O5S/c1-7-23(26(31)27-8-2)28(17-20-12-11-13-21(16-20)34-5)25(30)18-29(35(6,32)33)24-15-10-9-14-22(24)19(3)4/h9-16,19,23H,7-8,17-18H2,1-6H3,(H,27,31)/t23-/m1/s1. The van der Waals surface area contributed by atoms with Crippen molar-refractivity contribution in [2.45, 2.75) is 52.6 Å². The van der Waals surface area contributed by atoms with E-state index < -0.39 is 28.5 Å². The average molecular weight is 504 g/mol. The second kappa shape index (κ2) is 12.6. The number of sulfonamides is 1. The minimum Gasteiger partial charge on any atom is -0.497 e. The van der Waals surface area contributed by atoms with Gasteiger partial charge in [0.2, 0.25) is 21.8 Å². The predicted octanol–water partition coefficient (Wildman–Crippen LogP) is 3.53. The van der Waals surface area contributed by atoms with Crippen molar-refractivity contribution in [3.63, 3.8) is 0 Å². The van der Waals surface area contributed by atoms with E-state index in [0.29, 0.717) is 24.4 Å². The number of likely N-dealkylation sites (N-methyl/N-ethyl adjacent to an activating group) is 1. The Balaban J connectivity index is 2.51. The van der Waals surface area contributed by atoms with Gasteiger partial charge in [0.05, 0.1) is 19.1 Å². The minimum absolute atomic E-state index is 0.0529. The predicted molar refractivity (Wildman–Crippen MR) is 139 cm³/mol. The lowest BCUT2D eigenvalue weighted by Crippen LogP contribution is -2.52. The number of carbonyl (C=O) groups is 2. The molecule has 0 aromatic heterocycles. The van der Waals surface area contributed by atoms with Crippen LogP contribution < -0.4 is 14.4 Å². The van der Waals surface area contributed by atoms with Crippen molar-refractivity contribution in [2.75, 3.05) is 30.8 Å². The van der Waals surface area contributed by atoms with E-state index in [-0.39, 0.29) is 18.4 Å². The van der Waals surface area contributed by atoms with E-state index in [1.54, 1.807) is 31.4 Å². The highest BCUT2D eigenvalue weighted by Crippen LogP contribution is 2.29. The Bertz CT molecular complexity index is 1120. The largest absolute Gasteiger partial charge is 0.497 e. The van der Waals surface area contributed by atoms with Gasteiger partial charge in [-0.25, -0.2) is 8.42 Å². The second-order valence-electron chi connectivity index (χ2n) is 8.67. The molecule has 1 atom stereocenters. The van der Waals surface area contributed by atoms with Crippen LogP contribution in [0, 0.1) is 0 Å². The molecule has 2 aromatic carbocycles. The summed E-state index contributed by atoms with van der Waals surface area (Å²) in [6.45, 7) is 7.73. The summed E-state index contributed by atoms with van der Waals surface area (Å²) < 4.78 is 32.1. The second-order valence-corrected chi connectivity index (χ2v) is 10.6. The topological polar surface area (TPSA) is 96.0 Å². The van der Waals surface area contributed by atoms with Gasteiger partial charge in [-0.3, -0.25) is 13.9 Å². The lowest BCUT2D eigenvalue weighted by Gasteiger charge is -2.33. The molecule has 35 heavy (non-hydrogen) atoms. The fourth-order valence-corrected chi connectivity index (χ4v) is 4.85. The van der Waals surface area contributed by atoms with Gasteiger partial charge in [0.25, 0.3) is 0 Å². The van der Waals surface area contributed by atoms with Gasteiger partial charge in [-0.15, -0.1) is 0 Å². The zero-order chi connectivity index (χ0) is 26.2. The molecule has 0 aliphatic heterocycles. The molecule has 0 aliphatic carbocycles. The molecule has 2 aromatic rings. The maximum Gasteiger partial charge on any atom is 0.244 e. The molecular weight excluding hydrogens is 466 g/mol. The number of para-hydroxylation sites is 1. The third kappa shape index (κ3) is 7.45. The first-order valence-corrected chi connectivity index (χ1v) is 13.6. The molecule has 1 N–H and O–H groups in total. The summed E-state index contributed by atoms with van der Waals surface area (Å²) in [7, 11) is -2.23. The van der Waals surface area contributed by atoms with Crippen molar-refractivity contribution in [1.29, 1.82) is 0 Å². The van der Waals surface area contributed by atoms with E-state index in [4.69, 9.17) is 4.74 Å². The molecule has 0 saturated heterocycles. The number of methoxy groups -OCH3 is 1. The molecule has 0 unspecified atom stereocenters. The maximum absolute atomic E-state index is 13.7. The molecule has 2 amide bonds. The number of benzene rings is 2. The first kappa shape index (κ1) is 28.2. The Morgan fingerprint density at radius 3 is 2.31 bits per heavy atom. The number of rotatable bonds is 12. The highest BCUT2D eigenvalue weighted by atomic mass is 32.2. The van der Waals surface area contributed by atoms with E-state index >= 15 is 0 Å². The summed E-state index contributed by atoms with van der Waals surface area (Å²) >= 11 is 0. The van der Waals surface area contributed by atoms with Gasteiger partial charge < -0.3 is 15.0 Å². The van der Waals surface area contributed by atoms with E-state index in [2.05, 4.69) is 5.32 Å². The SMILES string of the molecule is CCNC(=O)[C@@H](CC)N(Cc1cccc(OC)c1)C(=O)CN(c1ccccc1C(C)C)S(C)(=O)=O. The monoisotopic (exact) mass is 503 g/mol. The highest BCUT2D eigenvalue weighted by Gasteiger charge is 2.32. The molecular formula is C26H37N3O5S. The lowest BCUT2D eigenvalue weighted by atomic mass is 10.0. The minimum atomic E-state index is -3.78. The fourth-order valence-electron chi connectivity index (χ4n) is 3.98. The molecule has 0 fully saturated rings. The number of ether oxygens (including phenoxy) is 1. The Morgan fingerprint density at radius 2 is 1.74 bits per heavy atom. The van der Waals surface area contributed by atoms with Crippen molar-refractivity contribution in [1.82, 2.24) is 10.2 Å². The molecule has 0 heterocycles. The van der Waals surface area contributed by atoms with Crippen LogP contribution in [0.1, 0.15) is 51.2 Å². The molecule has 192 valence electrons. The maximum atomic E-state index is 13.7. The van der Waals surface area contributed by atoms with E-state index in [1.165, 1.54) is 4.90 Å². The molecule has 0 aliphatic rings. The summed E-state index contributed by atoms with van der Waals surface area (Å²) in [5, 5.41) is 2.79. The average Bonchev–Trinajstić information content (AvgIpc) is 2.81. The quantitative estimate of drug-likeness (QED) is 0.478. The number of nitrogens with one attached hydrogen (secondary N) is 1. The highest BCUT2D eigenvalue weighted by molar-refractivity contribution is 7.92. The first-order valence-electron chi connectivity index (χ1n) is 11.8. The van der Waals surface area contributed by atoms with Crippen LogP contribution in [0.15, 0.2) is 48.5 Å². The Morgan fingerprint density at radius 1 is 1.06 bits per heavy atom. The molecule has 0 spiro atoms. The molecule has 0 bridgehead atoms. The number of anilines is 1. The lowest BCUT2D eigenvalue weighted by molar-refractivity contribution is -0.140. The van der Waals surface area contributed by atoms with Gasteiger partial charge in [0.1, 0.15) is 18.3 Å². The van der Waals surface area contributed by atoms with Gasteiger partial charge in [0.15, 0.2) is 0 Å². The van der Waals surface area contributed by atoms with Gasteiger partial charge in [-0.1, -0.05) is 51.1 Å². The summed E-state index contributed by atoms with van der Waals surface area (Å²) in [6, 6.07) is 13.7. The fraction of sp³-hybridized carbons (Fsp3) is 0.462. The molecule has 0 radical (unpaired) electrons. The molecule has 2 rings (SSSR count). The number of amides is 2. The van der Waals surface area contributed by atoms with Gasteiger partial charge >= 0.3 is 0 Å². The van der Waals surface area contributed by atoms with Crippen LogP contribution in [-0.2, 0) is 26.2 Å². The number of hydrogen-bond donors (Lipinski definition) is 1. The van der Waals surface area contributed by atoms with Crippen molar-refractivity contribution in [3.05, 3.63) is 59.7 Å². The van der Waals surface area contributed by atoms with E-state index in [1.807, 2.05) is 52.0 Å². The number of nitrogens with zero attached hydrogens (tertiary/aromatic N) is 2. The van der Waals surface area contributed by atoms with Crippen LogP contribution in [0.3, 0.4) is 0 Å². The zero-order valence-corrected chi connectivity index (χ0v) is 22.3. The number of carbonyl (C=O) groups excluding carboxylic acids is 2. The Hall–Kier alpha value is -3.07. The van der Waals surface area contributed by atoms with Crippen LogP contribution in [0.4, 0.5) is 5.69 Å². The molecule has 8 nitrogen and oxygen atoms in total. The number of hydrogen-bond acceptors (Lipinski definition) is 5. The van der Waals surface area contributed by atoms with Crippen molar-refractivity contribution in [2.24, 2.45) is 0 Å². The molecule has 9 heteroatoms. The third-order valence-electron chi connectivity index (χ3n) is 5.73. The van der Waals surface area contributed by atoms with Crippen LogP contribution in [0.25, 0.3) is 0 Å². The van der Waals surface area contributed by atoms with Gasteiger partial charge in [-0.05, 0) is 48.6 Å². The smallest absolute Gasteiger partial charge is 0.244 e. The van der Waals surface area contributed by atoms with Crippen LogP contribution in [0.5, 0.6) is 5.75 Å². The van der Waals surface area contributed by atoms with Gasteiger partial charge in [0, 0.05) is 13.1 Å². The summed E-state index contributed by atoms with van der Waals surface area (Å²) in [5.41, 5.74) is 2.06. The zero-order valence-electron chi connectivity index (χ0n) is 21.4. The normalized spacial score (nSPS) is 12.2. The van der Waals surface area contributed by atoms with Crippen molar-refractivity contribution >= 4 is 27.5 Å². The Kier molecular flexibility index (Phi) is 10.1. The van der Waals surface area contributed by atoms with E-state index in [0.717, 1.165) is 21.7 Å². The van der Waals surface area contributed by atoms with Crippen LogP contribution in [0.2, 0.25) is 0 Å². The Labute approximate surface area is 209 Å². The van der Waals surface area contributed by atoms with Crippen LogP contribution >= 0.6 is 0 Å². The van der Waals surface area contributed by atoms with Gasteiger partial charge in [-0.2, -0.15) is 0 Å². The first-order chi connectivity index (χ1) is 16.5. The van der Waals surface area contributed by atoms with Crippen LogP contribution in [-0.4, -0.2) is 57.6 Å². The summed E-state index contributed by atoms with van der Waals surface area (Å²) in [4.78, 5) is 28.1. The van der Waals surface area contributed by atoms with E-state index in [9.17, 15) is 18.0 Å². The van der Waals surface area contributed by atoms with Crippen molar-refractivity contribution in [3.8, 4) is 5.75 Å². The summed E-state index contributed by atoms with van der Waals surface area (Å²) in [5.74, 6) is -0.0589. The molecule has 0 saturated carbocycles. The van der Waals surface area contributed by atoms with Crippen molar-refractivity contribution < 1.29 is 22.7 Å². The third-order valence-corrected chi connectivity index (χ3v) is 6.86.